The Bertz CT molecular complexity index is 660. The van der Waals surface area contributed by atoms with Crippen molar-refractivity contribution in [3.63, 3.8) is 0 Å². The van der Waals surface area contributed by atoms with Crippen LogP contribution in [-0.4, -0.2) is 76.1 Å². The number of nitrogens with one attached hydrogen (secondary N) is 1. The molecule has 0 aromatic heterocycles. The molecule has 6 nitrogen and oxygen atoms in total. The third-order valence-electron chi connectivity index (χ3n) is 5.20. The van der Waals surface area contributed by atoms with Gasteiger partial charge in [0, 0.05) is 58.5 Å². The van der Waals surface area contributed by atoms with Crippen molar-refractivity contribution >= 4 is 11.6 Å². The summed E-state index contributed by atoms with van der Waals surface area (Å²) in [5, 5.41) is 3.33. The topological polar surface area (TPSA) is 49.3 Å². The van der Waals surface area contributed by atoms with Crippen molar-refractivity contribution in [2.45, 2.75) is 32.3 Å². The number of ether oxygens (including phenoxy) is 2. The molecule has 0 aliphatic carbocycles. The van der Waals surface area contributed by atoms with Crippen LogP contribution in [0.5, 0.6) is 0 Å². The maximum absolute atomic E-state index is 14.0. The fraction of sp³-hybridized carbons (Fsp3) is 0.667. The van der Waals surface area contributed by atoms with Gasteiger partial charge in [0.05, 0.1) is 18.4 Å². The van der Waals surface area contributed by atoms with E-state index in [4.69, 9.17) is 14.5 Å². The number of nitrogens with zero attached hydrogens (tertiary/aromatic N) is 3. The van der Waals surface area contributed by atoms with Crippen LogP contribution >= 0.6 is 0 Å². The summed E-state index contributed by atoms with van der Waals surface area (Å²) in [5.41, 5.74) is 0.329. The molecule has 1 aromatic rings. The van der Waals surface area contributed by atoms with Crippen molar-refractivity contribution in [3.8, 4) is 0 Å². The normalized spacial score (nSPS) is 20.4. The molecule has 2 aliphatic rings. The number of piperazine rings is 1. The van der Waals surface area contributed by atoms with Gasteiger partial charge >= 0.3 is 0 Å². The lowest BCUT2D eigenvalue weighted by atomic mass is 10.2. The Kier molecular flexibility index (Phi) is 8.49. The van der Waals surface area contributed by atoms with Crippen LogP contribution in [-0.2, 0) is 9.47 Å². The number of aliphatic imine (C=N–C) groups is 1. The Balaban J connectivity index is 1.43. The van der Waals surface area contributed by atoms with E-state index in [1.165, 1.54) is 12.1 Å². The highest BCUT2D eigenvalue weighted by Gasteiger charge is 2.22. The molecule has 2 saturated heterocycles. The Hall–Kier alpha value is -1.93. The van der Waals surface area contributed by atoms with Crippen LogP contribution in [0.4, 0.5) is 14.5 Å². The predicted molar refractivity (Wildman–Crippen MR) is 111 cm³/mol. The first-order valence-electron chi connectivity index (χ1n) is 10.6. The smallest absolute Gasteiger partial charge is 0.194 e. The average Bonchev–Trinajstić information content (AvgIpc) is 3.25. The van der Waals surface area contributed by atoms with Crippen LogP contribution in [0.25, 0.3) is 0 Å². The van der Waals surface area contributed by atoms with E-state index in [1.807, 2.05) is 11.8 Å². The standard InChI is InChI=1S/C21H32F2N4O2/c1-2-24-21(25-8-4-13-28-16-18-5-3-14-29-18)27-11-9-26(10-12-27)20-15-17(22)6-7-19(20)23/h6-7,15,18H,2-5,8-14,16H2,1H3,(H,24,25). The maximum Gasteiger partial charge on any atom is 0.194 e. The molecule has 0 bridgehead atoms. The fourth-order valence-electron chi connectivity index (χ4n) is 3.66. The molecule has 29 heavy (non-hydrogen) atoms. The van der Waals surface area contributed by atoms with Crippen LogP contribution in [0.3, 0.4) is 0 Å². The molecule has 1 unspecified atom stereocenters. The second-order valence-corrected chi connectivity index (χ2v) is 7.37. The minimum Gasteiger partial charge on any atom is -0.379 e. The van der Waals surface area contributed by atoms with E-state index in [0.29, 0.717) is 51.6 Å². The van der Waals surface area contributed by atoms with Crippen LogP contribution in [0.1, 0.15) is 26.2 Å². The first kappa shape index (κ1) is 21.8. The monoisotopic (exact) mass is 410 g/mol. The quantitative estimate of drug-likeness (QED) is 0.406. The molecule has 0 saturated carbocycles. The highest BCUT2D eigenvalue weighted by atomic mass is 19.1. The number of benzene rings is 1. The number of guanidine groups is 1. The molecule has 162 valence electrons. The van der Waals surface area contributed by atoms with Crippen LogP contribution < -0.4 is 10.2 Å². The summed E-state index contributed by atoms with van der Waals surface area (Å²) in [7, 11) is 0. The molecule has 0 spiro atoms. The Labute approximate surface area is 171 Å². The summed E-state index contributed by atoms with van der Waals surface area (Å²) >= 11 is 0. The second-order valence-electron chi connectivity index (χ2n) is 7.37. The number of hydrogen-bond acceptors (Lipinski definition) is 4. The molecule has 1 aromatic carbocycles. The number of rotatable bonds is 8. The van der Waals surface area contributed by atoms with Crippen molar-refractivity contribution in [1.82, 2.24) is 10.2 Å². The van der Waals surface area contributed by atoms with E-state index in [-0.39, 0.29) is 11.9 Å². The lowest BCUT2D eigenvalue weighted by Gasteiger charge is -2.37. The Morgan fingerprint density at radius 3 is 2.83 bits per heavy atom. The van der Waals surface area contributed by atoms with Crippen LogP contribution in [0, 0.1) is 11.6 Å². The zero-order chi connectivity index (χ0) is 20.5. The molecule has 0 radical (unpaired) electrons. The number of anilines is 1. The largest absolute Gasteiger partial charge is 0.379 e. The van der Waals surface area contributed by atoms with Gasteiger partial charge in [-0.1, -0.05) is 0 Å². The minimum absolute atomic E-state index is 0.259. The lowest BCUT2D eigenvalue weighted by Crippen LogP contribution is -2.52. The molecule has 3 rings (SSSR count). The molecular weight excluding hydrogens is 378 g/mol. The predicted octanol–water partition coefficient (Wildman–Crippen LogP) is 2.64. The van der Waals surface area contributed by atoms with E-state index in [2.05, 4.69) is 10.2 Å². The zero-order valence-corrected chi connectivity index (χ0v) is 17.2. The molecule has 2 aliphatic heterocycles. The highest BCUT2D eigenvalue weighted by molar-refractivity contribution is 5.80. The van der Waals surface area contributed by atoms with Gasteiger partial charge in [-0.3, -0.25) is 4.99 Å². The summed E-state index contributed by atoms with van der Waals surface area (Å²) in [6.07, 6.45) is 3.34. The number of hydrogen-bond donors (Lipinski definition) is 1. The molecule has 1 atom stereocenters. The highest BCUT2D eigenvalue weighted by Crippen LogP contribution is 2.22. The van der Waals surface area contributed by atoms with Gasteiger partial charge in [-0.05, 0) is 38.3 Å². The van der Waals surface area contributed by atoms with Gasteiger partial charge in [0.15, 0.2) is 5.96 Å². The fourth-order valence-corrected chi connectivity index (χ4v) is 3.66. The Morgan fingerprint density at radius 2 is 2.10 bits per heavy atom. The van der Waals surface area contributed by atoms with Gasteiger partial charge in [0.25, 0.3) is 0 Å². The third-order valence-corrected chi connectivity index (χ3v) is 5.20. The van der Waals surface area contributed by atoms with Crippen LogP contribution in [0.2, 0.25) is 0 Å². The molecular formula is C21H32F2N4O2. The van der Waals surface area contributed by atoms with E-state index < -0.39 is 5.82 Å². The second kappa shape index (κ2) is 11.3. The summed E-state index contributed by atoms with van der Waals surface area (Å²) in [6, 6.07) is 3.60. The van der Waals surface area contributed by atoms with Crippen molar-refractivity contribution in [1.29, 1.82) is 0 Å². The van der Waals surface area contributed by atoms with Crippen molar-refractivity contribution in [2.75, 3.05) is 64.0 Å². The SMILES string of the molecule is CCNC(=NCCCOCC1CCCO1)N1CCN(c2cc(F)ccc2F)CC1. The van der Waals surface area contributed by atoms with Crippen molar-refractivity contribution < 1.29 is 18.3 Å². The molecule has 2 heterocycles. The first-order chi connectivity index (χ1) is 14.2. The minimum atomic E-state index is -0.416. The van der Waals surface area contributed by atoms with Gasteiger partial charge in [-0.15, -0.1) is 0 Å². The first-order valence-corrected chi connectivity index (χ1v) is 10.6. The summed E-state index contributed by atoms with van der Waals surface area (Å²) < 4.78 is 38.7. The maximum atomic E-state index is 14.0. The van der Waals surface area contributed by atoms with Gasteiger partial charge in [0.1, 0.15) is 11.6 Å². The van der Waals surface area contributed by atoms with E-state index in [1.54, 1.807) is 0 Å². The molecule has 0 amide bonds. The summed E-state index contributed by atoms with van der Waals surface area (Å²) in [4.78, 5) is 8.76. The van der Waals surface area contributed by atoms with Crippen molar-refractivity contribution in [2.24, 2.45) is 4.99 Å². The van der Waals surface area contributed by atoms with Gasteiger partial charge in [-0.2, -0.15) is 0 Å². The molecule has 1 N–H and O–H groups in total. The lowest BCUT2D eigenvalue weighted by molar-refractivity contribution is 0.0170. The van der Waals surface area contributed by atoms with Crippen LogP contribution in [0.15, 0.2) is 23.2 Å². The Morgan fingerprint density at radius 1 is 1.28 bits per heavy atom. The van der Waals surface area contributed by atoms with Gasteiger partial charge < -0.3 is 24.6 Å². The van der Waals surface area contributed by atoms with E-state index in [9.17, 15) is 8.78 Å². The van der Waals surface area contributed by atoms with Gasteiger partial charge in [0.2, 0.25) is 0 Å². The average molecular weight is 411 g/mol. The van der Waals surface area contributed by atoms with E-state index in [0.717, 1.165) is 44.4 Å². The molecule has 2 fully saturated rings. The van der Waals surface area contributed by atoms with Crippen molar-refractivity contribution in [3.05, 3.63) is 29.8 Å². The number of halogens is 2. The zero-order valence-electron chi connectivity index (χ0n) is 17.2. The van der Waals surface area contributed by atoms with Gasteiger partial charge in [-0.25, -0.2) is 8.78 Å². The summed E-state index contributed by atoms with van der Waals surface area (Å²) in [5.74, 6) is 0.0647. The molecule has 8 heteroatoms. The van der Waals surface area contributed by atoms with E-state index >= 15 is 0 Å². The summed E-state index contributed by atoms with van der Waals surface area (Å²) in [6.45, 7) is 8.36. The third kappa shape index (κ3) is 6.54.